The minimum atomic E-state index is 0.0112. The SMILES string of the molecule is CCNC(=O)CNC1CCC(=O)N(C)C1. The van der Waals surface area contributed by atoms with Crippen LogP contribution in [0, 0.1) is 0 Å². The van der Waals surface area contributed by atoms with Crippen LogP contribution in [0.15, 0.2) is 0 Å². The number of likely N-dealkylation sites (tertiary alicyclic amines) is 1. The second-order valence-corrected chi connectivity index (χ2v) is 3.84. The van der Waals surface area contributed by atoms with Gasteiger partial charge >= 0.3 is 0 Å². The first-order chi connectivity index (χ1) is 7.13. The zero-order chi connectivity index (χ0) is 11.3. The molecule has 1 atom stereocenters. The Morgan fingerprint density at radius 1 is 1.60 bits per heavy atom. The van der Waals surface area contributed by atoms with Gasteiger partial charge in [-0.1, -0.05) is 0 Å². The van der Waals surface area contributed by atoms with Crippen LogP contribution in [-0.2, 0) is 9.59 Å². The molecule has 0 bridgehead atoms. The number of hydrogen-bond acceptors (Lipinski definition) is 3. The Labute approximate surface area is 90.2 Å². The number of nitrogens with zero attached hydrogens (tertiary/aromatic N) is 1. The lowest BCUT2D eigenvalue weighted by Gasteiger charge is -2.30. The summed E-state index contributed by atoms with van der Waals surface area (Å²) in [5.41, 5.74) is 0. The van der Waals surface area contributed by atoms with Gasteiger partial charge in [0.25, 0.3) is 0 Å². The molecular formula is C10H19N3O2. The van der Waals surface area contributed by atoms with Gasteiger partial charge in [-0.15, -0.1) is 0 Å². The van der Waals surface area contributed by atoms with Gasteiger partial charge < -0.3 is 15.5 Å². The third-order valence-corrected chi connectivity index (χ3v) is 2.55. The van der Waals surface area contributed by atoms with Crippen molar-refractivity contribution in [3.8, 4) is 0 Å². The fourth-order valence-corrected chi connectivity index (χ4v) is 1.68. The van der Waals surface area contributed by atoms with E-state index >= 15 is 0 Å². The average molecular weight is 213 g/mol. The molecule has 2 N–H and O–H groups in total. The van der Waals surface area contributed by atoms with Crippen molar-refractivity contribution >= 4 is 11.8 Å². The predicted octanol–water partition coefficient (Wildman–Crippen LogP) is -0.667. The summed E-state index contributed by atoms with van der Waals surface area (Å²) in [4.78, 5) is 24.1. The number of rotatable bonds is 4. The molecule has 0 aromatic carbocycles. The maximum atomic E-state index is 11.2. The molecule has 0 saturated carbocycles. The minimum Gasteiger partial charge on any atom is -0.355 e. The van der Waals surface area contributed by atoms with Crippen molar-refractivity contribution < 1.29 is 9.59 Å². The predicted molar refractivity (Wildman–Crippen MR) is 57.3 cm³/mol. The molecule has 1 aliphatic heterocycles. The van der Waals surface area contributed by atoms with Crippen molar-refractivity contribution in [2.24, 2.45) is 0 Å². The van der Waals surface area contributed by atoms with Crippen LogP contribution in [0.2, 0.25) is 0 Å². The van der Waals surface area contributed by atoms with E-state index in [0.717, 1.165) is 6.42 Å². The van der Waals surface area contributed by atoms with E-state index in [9.17, 15) is 9.59 Å². The molecule has 86 valence electrons. The highest BCUT2D eigenvalue weighted by atomic mass is 16.2. The summed E-state index contributed by atoms with van der Waals surface area (Å²) in [6.45, 7) is 3.58. The Bertz CT molecular complexity index is 243. The van der Waals surface area contributed by atoms with Gasteiger partial charge in [-0.2, -0.15) is 0 Å². The number of nitrogens with one attached hydrogen (secondary N) is 2. The molecule has 0 aromatic heterocycles. The Morgan fingerprint density at radius 2 is 2.33 bits per heavy atom. The fourth-order valence-electron chi connectivity index (χ4n) is 1.68. The molecule has 1 fully saturated rings. The van der Waals surface area contributed by atoms with E-state index in [4.69, 9.17) is 0 Å². The lowest BCUT2D eigenvalue weighted by atomic mass is 10.1. The monoisotopic (exact) mass is 213 g/mol. The molecule has 1 saturated heterocycles. The zero-order valence-electron chi connectivity index (χ0n) is 9.38. The first-order valence-corrected chi connectivity index (χ1v) is 5.37. The maximum absolute atomic E-state index is 11.2. The molecular weight excluding hydrogens is 194 g/mol. The van der Waals surface area contributed by atoms with Crippen LogP contribution in [0.3, 0.4) is 0 Å². The van der Waals surface area contributed by atoms with E-state index < -0.39 is 0 Å². The molecule has 0 aromatic rings. The third-order valence-electron chi connectivity index (χ3n) is 2.55. The lowest BCUT2D eigenvalue weighted by Crippen LogP contribution is -2.49. The van der Waals surface area contributed by atoms with Crippen molar-refractivity contribution in [2.45, 2.75) is 25.8 Å². The van der Waals surface area contributed by atoms with E-state index in [1.54, 1.807) is 11.9 Å². The van der Waals surface area contributed by atoms with Crippen LogP contribution in [0.25, 0.3) is 0 Å². The molecule has 5 heteroatoms. The number of carbonyl (C=O) groups excluding carboxylic acids is 2. The largest absolute Gasteiger partial charge is 0.355 e. The topological polar surface area (TPSA) is 61.4 Å². The van der Waals surface area contributed by atoms with Crippen LogP contribution in [0.1, 0.15) is 19.8 Å². The van der Waals surface area contributed by atoms with Crippen molar-refractivity contribution in [2.75, 3.05) is 26.7 Å². The third kappa shape index (κ3) is 3.87. The highest BCUT2D eigenvalue weighted by Crippen LogP contribution is 2.08. The van der Waals surface area contributed by atoms with Gasteiger partial charge in [-0.3, -0.25) is 9.59 Å². The number of likely N-dealkylation sites (N-methyl/N-ethyl adjacent to an activating group) is 2. The van der Waals surface area contributed by atoms with Gasteiger partial charge in [0.2, 0.25) is 11.8 Å². The molecule has 5 nitrogen and oxygen atoms in total. The van der Waals surface area contributed by atoms with Crippen LogP contribution in [-0.4, -0.2) is 49.4 Å². The minimum absolute atomic E-state index is 0.0112. The molecule has 2 amide bonds. The maximum Gasteiger partial charge on any atom is 0.233 e. The average Bonchev–Trinajstić information content (AvgIpc) is 2.20. The van der Waals surface area contributed by atoms with Crippen molar-refractivity contribution in [3.63, 3.8) is 0 Å². The normalized spacial score (nSPS) is 21.6. The van der Waals surface area contributed by atoms with Gasteiger partial charge in [0.15, 0.2) is 0 Å². The first-order valence-electron chi connectivity index (χ1n) is 5.37. The molecule has 1 aliphatic rings. The standard InChI is InChI=1S/C10H19N3O2/c1-3-11-9(14)6-12-8-4-5-10(15)13(2)7-8/h8,12H,3-7H2,1-2H3,(H,11,14). The number of piperidine rings is 1. The van der Waals surface area contributed by atoms with Gasteiger partial charge in [-0.05, 0) is 13.3 Å². The summed E-state index contributed by atoms with van der Waals surface area (Å²) in [7, 11) is 1.79. The van der Waals surface area contributed by atoms with E-state index in [-0.39, 0.29) is 17.9 Å². The zero-order valence-corrected chi connectivity index (χ0v) is 9.38. The molecule has 1 heterocycles. The van der Waals surface area contributed by atoms with Crippen LogP contribution in [0.4, 0.5) is 0 Å². The molecule has 15 heavy (non-hydrogen) atoms. The van der Waals surface area contributed by atoms with Gasteiger partial charge in [-0.25, -0.2) is 0 Å². The van der Waals surface area contributed by atoms with E-state index in [1.165, 1.54) is 0 Å². The summed E-state index contributed by atoms with van der Waals surface area (Å²) >= 11 is 0. The molecule has 0 radical (unpaired) electrons. The summed E-state index contributed by atoms with van der Waals surface area (Å²) in [5.74, 6) is 0.197. The van der Waals surface area contributed by atoms with Crippen LogP contribution >= 0.6 is 0 Å². The Balaban J connectivity index is 2.22. The fraction of sp³-hybridized carbons (Fsp3) is 0.800. The second-order valence-electron chi connectivity index (χ2n) is 3.84. The first kappa shape index (κ1) is 12.0. The lowest BCUT2D eigenvalue weighted by molar-refractivity contribution is -0.132. The summed E-state index contributed by atoms with van der Waals surface area (Å²) in [6, 6.07) is 0.246. The summed E-state index contributed by atoms with van der Waals surface area (Å²) < 4.78 is 0. The van der Waals surface area contributed by atoms with E-state index in [1.807, 2.05) is 6.92 Å². The van der Waals surface area contributed by atoms with E-state index in [0.29, 0.717) is 26.1 Å². The van der Waals surface area contributed by atoms with Gasteiger partial charge in [0.05, 0.1) is 6.54 Å². The quantitative estimate of drug-likeness (QED) is 0.651. The molecule has 1 rings (SSSR count). The Hall–Kier alpha value is -1.10. The highest BCUT2D eigenvalue weighted by Gasteiger charge is 2.22. The van der Waals surface area contributed by atoms with Crippen molar-refractivity contribution in [1.82, 2.24) is 15.5 Å². The Morgan fingerprint density at radius 3 is 2.93 bits per heavy atom. The highest BCUT2D eigenvalue weighted by molar-refractivity contribution is 5.78. The summed E-state index contributed by atoms with van der Waals surface area (Å²) in [6.07, 6.45) is 1.39. The molecule has 0 aliphatic carbocycles. The smallest absolute Gasteiger partial charge is 0.233 e. The Kier molecular flexibility index (Phi) is 4.55. The van der Waals surface area contributed by atoms with E-state index in [2.05, 4.69) is 10.6 Å². The number of hydrogen-bond donors (Lipinski definition) is 2. The van der Waals surface area contributed by atoms with Crippen molar-refractivity contribution in [3.05, 3.63) is 0 Å². The van der Waals surface area contributed by atoms with Gasteiger partial charge in [0.1, 0.15) is 0 Å². The number of amides is 2. The van der Waals surface area contributed by atoms with Crippen LogP contribution < -0.4 is 10.6 Å². The molecule has 0 spiro atoms. The summed E-state index contributed by atoms with van der Waals surface area (Å²) in [5, 5.41) is 5.87. The van der Waals surface area contributed by atoms with Crippen LogP contribution in [0.5, 0.6) is 0 Å². The van der Waals surface area contributed by atoms with Gasteiger partial charge in [0, 0.05) is 32.6 Å². The number of carbonyl (C=O) groups is 2. The molecule has 1 unspecified atom stereocenters. The second kappa shape index (κ2) is 5.70. The van der Waals surface area contributed by atoms with Crippen molar-refractivity contribution in [1.29, 1.82) is 0 Å².